The van der Waals surface area contributed by atoms with Gasteiger partial charge in [0.15, 0.2) is 11.6 Å². The molecule has 2 aromatic rings. The molecule has 3 amide bonds. The predicted octanol–water partition coefficient (Wildman–Crippen LogP) is 4.17. The molecular formula is C26H31F6N5O4. The molecule has 0 spiro atoms. The Labute approximate surface area is 232 Å². The van der Waals surface area contributed by atoms with Crippen LogP contribution in [0, 0.1) is 17.5 Å². The van der Waals surface area contributed by atoms with Crippen LogP contribution in [-0.2, 0) is 39.9 Å². The molecule has 1 aromatic carbocycles. The lowest BCUT2D eigenvalue weighted by Gasteiger charge is -2.35. The smallest absolute Gasteiger partial charge is 0.444 e. The number of benzene rings is 1. The molecule has 0 bridgehead atoms. The third kappa shape index (κ3) is 7.70. The van der Waals surface area contributed by atoms with Gasteiger partial charge in [0.05, 0.1) is 24.5 Å². The molecule has 0 fully saturated rings. The summed E-state index contributed by atoms with van der Waals surface area (Å²) in [4.78, 5) is 43.0. The fourth-order valence-electron chi connectivity index (χ4n) is 4.57. The number of nitrogens with zero attached hydrogens (tertiary/aromatic N) is 3. The number of carbonyl (C=O) groups is 3. The number of aromatic nitrogens is 2. The molecule has 0 radical (unpaired) electrons. The molecule has 0 saturated carbocycles. The molecule has 226 valence electrons. The Morgan fingerprint density at radius 3 is 2.32 bits per heavy atom. The Morgan fingerprint density at radius 1 is 1.12 bits per heavy atom. The molecule has 1 aromatic heterocycles. The Kier molecular flexibility index (Phi) is 9.28. The second-order valence-electron chi connectivity index (χ2n) is 10.7. The van der Waals surface area contributed by atoms with Crippen LogP contribution in [0.2, 0.25) is 0 Å². The number of rotatable bonds is 8. The molecule has 0 aliphatic carbocycles. The van der Waals surface area contributed by atoms with Gasteiger partial charge in [0.2, 0.25) is 17.6 Å². The van der Waals surface area contributed by atoms with Crippen LogP contribution < -0.4 is 11.1 Å². The largest absolute Gasteiger partial charge is 0.449 e. The highest BCUT2D eigenvalue weighted by molar-refractivity contribution is 5.82. The Hall–Kier alpha value is -3.78. The second-order valence-corrected chi connectivity index (χ2v) is 10.7. The summed E-state index contributed by atoms with van der Waals surface area (Å²) in [5, 5.41) is 2.41. The van der Waals surface area contributed by atoms with E-state index in [1.165, 1.54) is 0 Å². The molecule has 1 aliphatic rings. The minimum absolute atomic E-state index is 0.00845. The lowest BCUT2D eigenvalue weighted by Crippen LogP contribution is -2.49. The zero-order chi connectivity index (χ0) is 30.9. The van der Waals surface area contributed by atoms with Gasteiger partial charge in [0, 0.05) is 18.5 Å². The van der Waals surface area contributed by atoms with Crippen molar-refractivity contribution < 1.29 is 45.5 Å². The molecule has 15 heteroatoms. The third-order valence-corrected chi connectivity index (χ3v) is 6.26. The van der Waals surface area contributed by atoms with Crippen molar-refractivity contribution in [2.24, 2.45) is 5.73 Å². The van der Waals surface area contributed by atoms with Crippen molar-refractivity contribution in [3.05, 3.63) is 52.4 Å². The van der Waals surface area contributed by atoms with E-state index in [4.69, 9.17) is 10.5 Å². The minimum Gasteiger partial charge on any atom is -0.444 e. The van der Waals surface area contributed by atoms with Crippen molar-refractivity contribution in [2.45, 2.75) is 83.8 Å². The Morgan fingerprint density at radius 2 is 1.76 bits per heavy atom. The van der Waals surface area contributed by atoms with E-state index in [0.717, 1.165) is 4.90 Å². The van der Waals surface area contributed by atoms with Crippen LogP contribution in [-0.4, -0.2) is 50.5 Å². The van der Waals surface area contributed by atoms with Crippen LogP contribution in [0.5, 0.6) is 0 Å². The van der Waals surface area contributed by atoms with Crippen LogP contribution in [0.25, 0.3) is 0 Å². The number of ether oxygens (including phenoxy) is 1. The molecule has 3 rings (SSSR count). The SMILES string of the molecule is CCCc1nc(C(F)(F)F)n2c1CN(C(=O)CC(Cc1cc(F)c(F)cc1F)NC(=O)OC(C)(C)C)CC2C(N)=O. The van der Waals surface area contributed by atoms with E-state index in [2.05, 4.69) is 10.3 Å². The average Bonchev–Trinajstić information content (AvgIpc) is 3.19. The summed E-state index contributed by atoms with van der Waals surface area (Å²) >= 11 is 0. The van der Waals surface area contributed by atoms with Gasteiger partial charge in [-0.05, 0) is 45.2 Å². The van der Waals surface area contributed by atoms with Crippen molar-refractivity contribution in [1.82, 2.24) is 19.8 Å². The number of hydrogen-bond donors (Lipinski definition) is 2. The van der Waals surface area contributed by atoms with Crippen molar-refractivity contribution in [1.29, 1.82) is 0 Å². The van der Waals surface area contributed by atoms with Crippen molar-refractivity contribution in [3.8, 4) is 0 Å². The number of hydrogen-bond acceptors (Lipinski definition) is 5. The fraction of sp³-hybridized carbons (Fsp3) is 0.538. The van der Waals surface area contributed by atoms with E-state index >= 15 is 0 Å². The normalized spacial score (nSPS) is 16.2. The summed E-state index contributed by atoms with van der Waals surface area (Å²) in [5.74, 6) is -7.05. The summed E-state index contributed by atoms with van der Waals surface area (Å²) in [6, 6.07) is -1.87. The summed E-state index contributed by atoms with van der Waals surface area (Å²) < 4.78 is 88.9. The van der Waals surface area contributed by atoms with Crippen molar-refractivity contribution in [2.75, 3.05) is 6.54 Å². The van der Waals surface area contributed by atoms with Gasteiger partial charge in [-0.1, -0.05) is 13.3 Å². The van der Waals surface area contributed by atoms with Gasteiger partial charge in [-0.15, -0.1) is 0 Å². The first kappa shape index (κ1) is 31.7. The van der Waals surface area contributed by atoms with Gasteiger partial charge in [-0.2, -0.15) is 13.2 Å². The topological polar surface area (TPSA) is 120 Å². The number of halogens is 6. The first-order chi connectivity index (χ1) is 18.9. The molecule has 2 atom stereocenters. The molecule has 3 N–H and O–H groups in total. The van der Waals surface area contributed by atoms with Gasteiger partial charge >= 0.3 is 12.3 Å². The van der Waals surface area contributed by atoms with E-state index in [0.29, 0.717) is 23.1 Å². The highest BCUT2D eigenvalue weighted by Gasteiger charge is 2.44. The molecule has 41 heavy (non-hydrogen) atoms. The van der Waals surface area contributed by atoms with E-state index in [1.807, 2.05) is 0 Å². The lowest BCUT2D eigenvalue weighted by molar-refractivity contribution is -0.150. The monoisotopic (exact) mass is 591 g/mol. The van der Waals surface area contributed by atoms with Crippen LogP contribution in [0.1, 0.15) is 69.4 Å². The number of carbonyl (C=O) groups excluding carboxylic acids is 3. The van der Waals surface area contributed by atoms with Crippen molar-refractivity contribution >= 4 is 17.9 Å². The van der Waals surface area contributed by atoms with Crippen LogP contribution in [0.3, 0.4) is 0 Å². The summed E-state index contributed by atoms with van der Waals surface area (Å²) in [5.41, 5.74) is 4.19. The molecule has 9 nitrogen and oxygen atoms in total. The van der Waals surface area contributed by atoms with Gasteiger partial charge in [-0.25, -0.2) is 22.9 Å². The van der Waals surface area contributed by atoms with Gasteiger partial charge in [0.1, 0.15) is 17.5 Å². The number of fused-ring (bicyclic) bond motifs is 1. The zero-order valence-electron chi connectivity index (χ0n) is 22.9. The number of nitrogens with two attached hydrogens (primary N) is 1. The second kappa shape index (κ2) is 12.0. The van der Waals surface area contributed by atoms with Crippen molar-refractivity contribution in [3.63, 3.8) is 0 Å². The number of aryl methyl sites for hydroxylation is 1. The van der Waals surface area contributed by atoms with Crippen LogP contribution in [0.15, 0.2) is 12.1 Å². The highest BCUT2D eigenvalue weighted by atomic mass is 19.4. The minimum atomic E-state index is -4.89. The zero-order valence-corrected chi connectivity index (χ0v) is 22.9. The fourth-order valence-corrected chi connectivity index (χ4v) is 4.57. The van der Waals surface area contributed by atoms with Gasteiger partial charge < -0.3 is 25.3 Å². The first-order valence-corrected chi connectivity index (χ1v) is 12.8. The Bertz CT molecular complexity index is 1320. The van der Waals surface area contributed by atoms with Crippen LogP contribution >= 0.6 is 0 Å². The summed E-state index contributed by atoms with van der Waals surface area (Å²) in [6.45, 7) is 5.58. The predicted molar refractivity (Wildman–Crippen MR) is 133 cm³/mol. The van der Waals surface area contributed by atoms with E-state index in [9.17, 15) is 40.7 Å². The van der Waals surface area contributed by atoms with E-state index in [-0.39, 0.29) is 29.9 Å². The standard InChI is InChI=1S/C26H31F6N5O4/c1-5-6-18-19-11-36(12-20(22(33)39)37(19)23(35-18)26(30,31)32)21(38)9-14(34-24(40)41-25(2,3)4)7-13-8-16(28)17(29)10-15(13)27/h8,10,14,20H,5-7,9,11-12H2,1-4H3,(H2,33,39)(H,34,40). The number of amides is 3. The quantitative estimate of drug-likeness (QED) is 0.353. The van der Waals surface area contributed by atoms with Gasteiger partial charge in [0.25, 0.3) is 0 Å². The summed E-state index contributed by atoms with van der Waals surface area (Å²) in [6.07, 6.45) is -6.32. The number of nitrogens with one attached hydrogen (secondary N) is 1. The number of imidazole rings is 1. The maximum atomic E-state index is 14.4. The average molecular weight is 592 g/mol. The molecule has 0 saturated heterocycles. The van der Waals surface area contributed by atoms with Gasteiger partial charge in [-0.3, -0.25) is 9.59 Å². The molecular weight excluding hydrogens is 560 g/mol. The van der Waals surface area contributed by atoms with E-state index < -0.39 is 84.4 Å². The maximum absolute atomic E-state index is 14.4. The number of alkyl halides is 3. The number of alkyl carbamates (subject to hydrolysis) is 1. The Balaban J connectivity index is 1.94. The third-order valence-electron chi connectivity index (χ3n) is 6.26. The molecule has 2 unspecified atom stereocenters. The van der Waals surface area contributed by atoms with E-state index in [1.54, 1.807) is 27.7 Å². The van der Waals surface area contributed by atoms with Crippen LogP contribution in [0.4, 0.5) is 31.1 Å². The maximum Gasteiger partial charge on any atom is 0.449 e. The molecule has 2 heterocycles. The highest BCUT2D eigenvalue weighted by Crippen LogP contribution is 2.36. The summed E-state index contributed by atoms with van der Waals surface area (Å²) in [7, 11) is 0. The first-order valence-electron chi connectivity index (χ1n) is 12.8. The molecule has 1 aliphatic heterocycles. The lowest BCUT2D eigenvalue weighted by atomic mass is 10.0. The number of primary amides is 1.